The zero-order valence-corrected chi connectivity index (χ0v) is 16.0. The molecular weight excluding hydrogens is 350 g/mol. The van der Waals surface area contributed by atoms with Crippen molar-refractivity contribution in [3.8, 4) is 11.6 Å². The molecule has 1 aromatic carbocycles. The summed E-state index contributed by atoms with van der Waals surface area (Å²) in [5.41, 5.74) is 2.31. The van der Waals surface area contributed by atoms with Crippen molar-refractivity contribution in [2.24, 2.45) is 0 Å². The van der Waals surface area contributed by atoms with Crippen LogP contribution >= 0.6 is 0 Å². The van der Waals surface area contributed by atoms with Crippen LogP contribution in [0.25, 0.3) is 11.6 Å². The summed E-state index contributed by atoms with van der Waals surface area (Å²) in [6.45, 7) is 1.97. The van der Waals surface area contributed by atoms with Gasteiger partial charge in [0.25, 0.3) is 5.89 Å². The number of nitrogens with zero attached hydrogens (tertiary/aromatic N) is 4. The van der Waals surface area contributed by atoms with Gasteiger partial charge in [-0.1, -0.05) is 35.5 Å². The molecule has 2 aliphatic carbocycles. The Bertz CT molecular complexity index is 964. The summed E-state index contributed by atoms with van der Waals surface area (Å²) in [7, 11) is 0. The molecule has 0 radical (unpaired) electrons. The highest BCUT2D eigenvalue weighted by atomic mass is 16.5. The molecule has 6 nitrogen and oxygen atoms in total. The zero-order chi connectivity index (χ0) is 18.6. The first-order valence-electron chi connectivity index (χ1n) is 10.5. The van der Waals surface area contributed by atoms with Crippen LogP contribution in [0.1, 0.15) is 55.2 Å². The average molecular weight is 375 g/mol. The molecule has 2 saturated carbocycles. The van der Waals surface area contributed by atoms with Crippen LogP contribution in [0.2, 0.25) is 0 Å². The predicted molar refractivity (Wildman–Crippen MR) is 105 cm³/mol. The van der Waals surface area contributed by atoms with Crippen molar-refractivity contribution < 1.29 is 4.52 Å². The van der Waals surface area contributed by atoms with E-state index >= 15 is 0 Å². The Labute approximate surface area is 164 Å². The maximum Gasteiger partial charge on any atom is 0.278 e. The fraction of sp³-hybridized carbons (Fsp3) is 0.500. The highest BCUT2D eigenvalue weighted by Crippen LogP contribution is 2.48. The van der Waals surface area contributed by atoms with E-state index in [2.05, 4.69) is 51.6 Å². The number of aryl methyl sites for hydroxylation is 2. The van der Waals surface area contributed by atoms with Crippen LogP contribution in [-0.2, 0) is 18.4 Å². The molecule has 2 atom stereocenters. The van der Waals surface area contributed by atoms with Gasteiger partial charge in [0.15, 0.2) is 5.82 Å². The number of aromatic nitrogens is 4. The molecule has 2 aromatic heterocycles. The van der Waals surface area contributed by atoms with Crippen LogP contribution in [0.3, 0.4) is 0 Å². The standard InChI is InChI=1S/C22H25N5O/c1-2-6-15(7-3-1)16-12-17(16)23-14-22(9-10-22)21-25-20(28-26-21)18-13-27-11-5-4-8-19(27)24-18/h1-3,6-7,13,16-17,23H,4-5,8-12,14H2/t16?,17-/m0/s1. The van der Waals surface area contributed by atoms with Gasteiger partial charge in [-0.3, -0.25) is 0 Å². The SMILES string of the molecule is c1ccc(C2C[C@@H]2NCC2(c3noc(-c4cn5c(n4)CCCC5)n3)CC2)cc1. The molecule has 1 aliphatic heterocycles. The number of nitrogens with one attached hydrogen (secondary N) is 1. The maximum absolute atomic E-state index is 5.60. The van der Waals surface area contributed by atoms with E-state index in [0.717, 1.165) is 49.7 Å². The number of fused-ring (bicyclic) bond motifs is 1. The van der Waals surface area contributed by atoms with Gasteiger partial charge in [0.1, 0.15) is 11.5 Å². The molecule has 3 aliphatic rings. The lowest BCUT2D eigenvalue weighted by Crippen LogP contribution is -2.30. The van der Waals surface area contributed by atoms with Crippen molar-refractivity contribution in [3.63, 3.8) is 0 Å². The van der Waals surface area contributed by atoms with E-state index in [4.69, 9.17) is 14.5 Å². The van der Waals surface area contributed by atoms with Crippen molar-refractivity contribution in [1.82, 2.24) is 25.0 Å². The second kappa shape index (κ2) is 6.27. The first-order chi connectivity index (χ1) is 13.8. The summed E-state index contributed by atoms with van der Waals surface area (Å²) in [5.74, 6) is 3.20. The number of imidazole rings is 1. The molecule has 1 unspecified atom stereocenters. The van der Waals surface area contributed by atoms with Gasteiger partial charge in [0, 0.05) is 43.1 Å². The third-order valence-electron chi connectivity index (χ3n) is 6.60. The summed E-state index contributed by atoms with van der Waals surface area (Å²) in [6, 6.07) is 11.4. The Kier molecular flexibility index (Phi) is 3.69. The van der Waals surface area contributed by atoms with Crippen LogP contribution in [0.5, 0.6) is 0 Å². The minimum absolute atomic E-state index is 0.0466. The predicted octanol–water partition coefficient (Wildman–Crippen LogP) is 3.45. The van der Waals surface area contributed by atoms with E-state index in [1.807, 2.05) is 0 Å². The van der Waals surface area contributed by atoms with Crippen molar-refractivity contribution >= 4 is 0 Å². The molecule has 3 aromatic rings. The van der Waals surface area contributed by atoms with E-state index in [1.165, 1.54) is 24.8 Å². The quantitative estimate of drug-likeness (QED) is 0.715. The van der Waals surface area contributed by atoms with Crippen molar-refractivity contribution in [3.05, 3.63) is 53.7 Å². The molecule has 6 rings (SSSR count). The van der Waals surface area contributed by atoms with Crippen LogP contribution < -0.4 is 5.32 Å². The molecular formula is C22H25N5O. The van der Waals surface area contributed by atoms with Gasteiger partial charge in [0.2, 0.25) is 0 Å². The lowest BCUT2D eigenvalue weighted by molar-refractivity contribution is 0.408. The molecule has 28 heavy (non-hydrogen) atoms. The summed E-state index contributed by atoms with van der Waals surface area (Å²) in [5, 5.41) is 8.09. The first kappa shape index (κ1) is 16.5. The number of benzene rings is 1. The molecule has 6 heteroatoms. The normalized spacial score (nSPS) is 24.7. The monoisotopic (exact) mass is 375 g/mol. The minimum Gasteiger partial charge on any atom is -0.334 e. The maximum atomic E-state index is 5.60. The van der Waals surface area contributed by atoms with Crippen LogP contribution in [0, 0.1) is 0 Å². The summed E-state index contributed by atoms with van der Waals surface area (Å²) in [6.07, 6.45) is 9.01. The Hall–Kier alpha value is -2.47. The second-order valence-corrected chi connectivity index (χ2v) is 8.64. The smallest absolute Gasteiger partial charge is 0.278 e. The van der Waals surface area contributed by atoms with Crippen molar-refractivity contribution in [2.75, 3.05) is 6.54 Å². The molecule has 0 saturated heterocycles. The second-order valence-electron chi connectivity index (χ2n) is 8.64. The topological polar surface area (TPSA) is 68.8 Å². The van der Waals surface area contributed by atoms with Crippen LogP contribution in [-0.4, -0.2) is 32.3 Å². The number of rotatable bonds is 6. The van der Waals surface area contributed by atoms with Crippen molar-refractivity contribution in [1.29, 1.82) is 0 Å². The van der Waals surface area contributed by atoms with Gasteiger partial charge in [-0.25, -0.2) is 4.98 Å². The third-order valence-corrected chi connectivity index (χ3v) is 6.60. The average Bonchev–Trinajstić information content (AvgIpc) is 3.59. The molecule has 0 bridgehead atoms. The molecule has 0 spiro atoms. The largest absolute Gasteiger partial charge is 0.334 e. The third kappa shape index (κ3) is 2.87. The molecule has 0 amide bonds. The van der Waals surface area contributed by atoms with Crippen LogP contribution in [0.4, 0.5) is 0 Å². The first-order valence-corrected chi connectivity index (χ1v) is 10.5. The minimum atomic E-state index is 0.0466. The Balaban J connectivity index is 1.13. The highest BCUT2D eigenvalue weighted by Gasteiger charge is 2.50. The van der Waals surface area contributed by atoms with Crippen LogP contribution in [0.15, 0.2) is 41.1 Å². The van der Waals surface area contributed by atoms with Gasteiger partial charge in [-0.2, -0.15) is 4.98 Å². The molecule has 2 fully saturated rings. The summed E-state index contributed by atoms with van der Waals surface area (Å²) in [4.78, 5) is 9.46. The Morgan fingerprint density at radius 2 is 2.04 bits per heavy atom. The molecule has 144 valence electrons. The van der Waals surface area contributed by atoms with E-state index in [0.29, 0.717) is 17.9 Å². The van der Waals surface area contributed by atoms with Gasteiger partial charge in [-0.15, -0.1) is 0 Å². The number of hydrogen-bond donors (Lipinski definition) is 1. The fourth-order valence-corrected chi connectivity index (χ4v) is 4.50. The van der Waals surface area contributed by atoms with Gasteiger partial charge in [0.05, 0.1) is 0 Å². The highest BCUT2D eigenvalue weighted by molar-refractivity contribution is 5.46. The lowest BCUT2D eigenvalue weighted by Gasteiger charge is -2.11. The Morgan fingerprint density at radius 3 is 2.86 bits per heavy atom. The van der Waals surface area contributed by atoms with Gasteiger partial charge >= 0.3 is 0 Å². The molecule has 3 heterocycles. The summed E-state index contributed by atoms with van der Waals surface area (Å²) >= 11 is 0. The van der Waals surface area contributed by atoms with E-state index in [1.54, 1.807) is 0 Å². The Morgan fingerprint density at radius 1 is 1.14 bits per heavy atom. The van der Waals surface area contributed by atoms with E-state index in [-0.39, 0.29) is 5.41 Å². The zero-order valence-electron chi connectivity index (χ0n) is 16.0. The van der Waals surface area contributed by atoms with E-state index < -0.39 is 0 Å². The van der Waals surface area contributed by atoms with Crippen molar-refractivity contribution in [2.45, 2.75) is 62.4 Å². The number of hydrogen-bond acceptors (Lipinski definition) is 5. The molecule has 1 N–H and O–H groups in total. The lowest BCUT2D eigenvalue weighted by atomic mass is 10.1. The fourth-order valence-electron chi connectivity index (χ4n) is 4.50. The van der Waals surface area contributed by atoms with Gasteiger partial charge < -0.3 is 14.4 Å². The summed E-state index contributed by atoms with van der Waals surface area (Å²) < 4.78 is 7.83. The van der Waals surface area contributed by atoms with E-state index in [9.17, 15) is 0 Å². The van der Waals surface area contributed by atoms with Gasteiger partial charge in [-0.05, 0) is 37.7 Å².